The number of ether oxygens (including phenoxy) is 2. The molecule has 0 radical (unpaired) electrons. The summed E-state index contributed by atoms with van der Waals surface area (Å²) in [5.74, 6) is -1.72. The van der Waals surface area contributed by atoms with Crippen LogP contribution in [-0.4, -0.2) is 39.6 Å². The summed E-state index contributed by atoms with van der Waals surface area (Å²) in [6, 6.07) is 11.3. The first-order chi connectivity index (χ1) is 13.7. The largest absolute Gasteiger partial charge is 0.454 e. The minimum absolute atomic E-state index is 0.0170. The van der Waals surface area contributed by atoms with Crippen LogP contribution in [0.1, 0.15) is 6.92 Å². The number of amides is 1. The van der Waals surface area contributed by atoms with E-state index in [2.05, 4.69) is 14.8 Å². The number of sulfonamides is 1. The Morgan fingerprint density at radius 3 is 2.24 bits per heavy atom. The Bertz CT molecular complexity index is 937. The van der Waals surface area contributed by atoms with Gasteiger partial charge in [0.2, 0.25) is 10.0 Å². The van der Waals surface area contributed by atoms with Gasteiger partial charge in [-0.2, -0.15) is 13.5 Å². The Kier molecular flexibility index (Phi) is 7.62. The first kappa shape index (κ1) is 22.2. The van der Waals surface area contributed by atoms with Crippen LogP contribution in [0.3, 0.4) is 0 Å². The molecule has 0 bridgehead atoms. The van der Waals surface area contributed by atoms with Gasteiger partial charge >= 0.3 is 12.6 Å². The molecule has 1 unspecified atom stereocenters. The van der Waals surface area contributed by atoms with Crippen molar-refractivity contribution in [2.24, 2.45) is 0 Å². The van der Waals surface area contributed by atoms with Crippen molar-refractivity contribution >= 4 is 27.6 Å². The van der Waals surface area contributed by atoms with Crippen molar-refractivity contribution in [3.05, 3.63) is 54.6 Å². The first-order valence-corrected chi connectivity index (χ1v) is 9.74. The molecular weight excluding hydrogens is 410 g/mol. The summed E-state index contributed by atoms with van der Waals surface area (Å²) in [5, 5.41) is 2.39. The maximum absolute atomic E-state index is 12.2. The number of anilines is 1. The summed E-state index contributed by atoms with van der Waals surface area (Å²) in [6.45, 7) is -2.34. The van der Waals surface area contributed by atoms with Gasteiger partial charge in [0.15, 0.2) is 6.61 Å². The van der Waals surface area contributed by atoms with Gasteiger partial charge in [0.25, 0.3) is 5.91 Å². The molecule has 0 aliphatic rings. The van der Waals surface area contributed by atoms with Crippen LogP contribution < -0.4 is 14.8 Å². The summed E-state index contributed by atoms with van der Waals surface area (Å²) in [6.07, 6.45) is 0. The molecule has 8 nitrogen and oxygen atoms in total. The Hall–Kier alpha value is -3.05. The molecule has 0 heterocycles. The van der Waals surface area contributed by atoms with Gasteiger partial charge in [0.05, 0.1) is 4.90 Å². The van der Waals surface area contributed by atoms with Crippen molar-refractivity contribution < 1.29 is 36.3 Å². The van der Waals surface area contributed by atoms with Crippen molar-refractivity contribution in [1.82, 2.24) is 4.72 Å². The second kappa shape index (κ2) is 9.94. The summed E-state index contributed by atoms with van der Waals surface area (Å²) < 4.78 is 59.6. The molecule has 29 heavy (non-hydrogen) atoms. The van der Waals surface area contributed by atoms with Crippen molar-refractivity contribution in [1.29, 1.82) is 0 Å². The SMILES string of the molecule is CC(NS(=O)(=O)c1ccccc1)C(=O)OCC(=O)Nc1ccc(OC(F)F)cc1. The summed E-state index contributed by atoms with van der Waals surface area (Å²) in [7, 11) is -3.92. The standard InChI is InChI=1S/C18H18F2N2O6S/c1-12(22-29(25,26)15-5-3-2-4-6-15)17(24)27-11-16(23)21-13-7-9-14(10-8-13)28-18(19)20/h2-10,12,18,22H,11H2,1H3,(H,21,23). The smallest absolute Gasteiger partial charge is 0.387 e. The third kappa shape index (κ3) is 7.12. The minimum Gasteiger partial charge on any atom is -0.454 e. The number of carbonyl (C=O) groups is 2. The lowest BCUT2D eigenvalue weighted by Gasteiger charge is -2.14. The Morgan fingerprint density at radius 2 is 1.66 bits per heavy atom. The highest BCUT2D eigenvalue weighted by atomic mass is 32.2. The van der Waals surface area contributed by atoms with E-state index in [1.165, 1.54) is 55.5 Å². The number of carbonyl (C=O) groups excluding carboxylic acids is 2. The summed E-state index contributed by atoms with van der Waals surface area (Å²) >= 11 is 0. The van der Waals surface area contributed by atoms with Crippen molar-refractivity contribution in [3.63, 3.8) is 0 Å². The summed E-state index contributed by atoms with van der Waals surface area (Å²) in [5.41, 5.74) is 0.269. The van der Waals surface area contributed by atoms with Crippen LogP contribution in [0.15, 0.2) is 59.5 Å². The third-order valence-corrected chi connectivity index (χ3v) is 5.00. The Balaban J connectivity index is 1.82. The molecule has 0 saturated carbocycles. The highest BCUT2D eigenvalue weighted by molar-refractivity contribution is 7.89. The molecule has 2 aromatic rings. The first-order valence-electron chi connectivity index (χ1n) is 8.26. The second-order valence-electron chi connectivity index (χ2n) is 5.71. The number of esters is 1. The molecule has 156 valence electrons. The van der Waals surface area contributed by atoms with Gasteiger partial charge in [0, 0.05) is 5.69 Å². The fraction of sp³-hybridized carbons (Fsp3) is 0.222. The molecule has 2 aromatic carbocycles. The molecule has 2 N–H and O–H groups in total. The zero-order chi connectivity index (χ0) is 21.4. The molecule has 0 spiro atoms. The minimum atomic E-state index is -3.92. The predicted octanol–water partition coefficient (Wildman–Crippen LogP) is 2.14. The molecule has 0 aromatic heterocycles. The van der Waals surface area contributed by atoms with E-state index in [1.807, 2.05) is 0 Å². The monoisotopic (exact) mass is 428 g/mol. The number of alkyl halides is 2. The average Bonchev–Trinajstić information content (AvgIpc) is 2.67. The van der Waals surface area contributed by atoms with E-state index >= 15 is 0 Å². The van der Waals surface area contributed by atoms with Crippen molar-refractivity contribution in [2.75, 3.05) is 11.9 Å². The second-order valence-corrected chi connectivity index (χ2v) is 7.43. The van der Waals surface area contributed by atoms with Gasteiger partial charge < -0.3 is 14.8 Å². The van der Waals surface area contributed by atoms with Crippen LogP contribution in [0.5, 0.6) is 5.75 Å². The van der Waals surface area contributed by atoms with E-state index in [0.29, 0.717) is 0 Å². The van der Waals surface area contributed by atoms with E-state index < -0.39 is 41.2 Å². The Morgan fingerprint density at radius 1 is 1.03 bits per heavy atom. The predicted molar refractivity (Wildman–Crippen MR) is 98.9 cm³/mol. The normalized spacial score (nSPS) is 12.3. The molecule has 0 aliphatic heterocycles. The molecule has 1 amide bonds. The van der Waals surface area contributed by atoms with Crippen LogP contribution >= 0.6 is 0 Å². The van der Waals surface area contributed by atoms with Crippen LogP contribution in [-0.2, 0) is 24.3 Å². The number of hydrogen-bond acceptors (Lipinski definition) is 6. The third-order valence-electron chi connectivity index (χ3n) is 3.45. The quantitative estimate of drug-likeness (QED) is 0.592. The fourth-order valence-electron chi connectivity index (χ4n) is 2.13. The Labute approximate surface area is 165 Å². The lowest BCUT2D eigenvalue weighted by molar-refractivity contribution is -0.148. The van der Waals surface area contributed by atoms with Crippen LogP contribution in [0.4, 0.5) is 14.5 Å². The average molecular weight is 428 g/mol. The molecule has 0 fully saturated rings. The molecule has 11 heteroatoms. The summed E-state index contributed by atoms with van der Waals surface area (Å²) in [4.78, 5) is 23.8. The number of halogens is 2. The van der Waals surface area contributed by atoms with Crippen LogP contribution in [0.25, 0.3) is 0 Å². The maximum Gasteiger partial charge on any atom is 0.387 e. The van der Waals surface area contributed by atoms with Crippen molar-refractivity contribution in [3.8, 4) is 5.75 Å². The van der Waals surface area contributed by atoms with Gasteiger partial charge in [-0.3, -0.25) is 9.59 Å². The number of nitrogens with one attached hydrogen (secondary N) is 2. The van der Waals surface area contributed by atoms with E-state index in [9.17, 15) is 26.8 Å². The highest BCUT2D eigenvalue weighted by Crippen LogP contribution is 2.17. The fourth-order valence-corrected chi connectivity index (χ4v) is 3.34. The van der Waals surface area contributed by atoms with E-state index in [1.54, 1.807) is 6.07 Å². The maximum atomic E-state index is 12.2. The number of rotatable bonds is 9. The zero-order valence-electron chi connectivity index (χ0n) is 15.2. The van der Waals surface area contributed by atoms with E-state index in [4.69, 9.17) is 4.74 Å². The highest BCUT2D eigenvalue weighted by Gasteiger charge is 2.23. The van der Waals surface area contributed by atoms with Gasteiger partial charge in [0.1, 0.15) is 11.8 Å². The lowest BCUT2D eigenvalue weighted by atomic mass is 10.3. The van der Waals surface area contributed by atoms with Crippen LogP contribution in [0.2, 0.25) is 0 Å². The number of hydrogen-bond donors (Lipinski definition) is 2. The van der Waals surface area contributed by atoms with E-state index in [-0.39, 0.29) is 16.3 Å². The van der Waals surface area contributed by atoms with Gasteiger partial charge in [-0.15, -0.1) is 0 Å². The molecule has 0 saturated heterocycles. The lowest BCUT2D eigenvalue weighted by Crippen LogP contribution is -2.40. The van der Waals surface area contributed by atoms with E-state index in [0.717, 1.165) is 0 Å². The zero-order valence-corrected chi connectivity index (χ0v) is 16.0. The molecular formula is C18H18F2N2O6S. The van der Waals surface area contributed by atoms with Gasteiger partial charge in [-0.05, 0) is 43.3 Å². The molecule has 0 aliphatic carbocycles. The van der Waals surface area contributed by atoms with Crippen molar-refractivity contribution in [2.45, 2.75) is 24.5 Å². The van der Waals surface area contributed by atoms with Gasteiger partial charge in [-0.25, -0.2) is 8.42 Å². The number of benzene rings is 2. The molecule has 1 atom stereocenters. The molecule has 2 rings (SSSR count). The topological polar surface area (TPSA) is 111 Å². The van der Waals surface area contributed by atoms with Crippen LogP contribution in [0, 0.1) is 0 Å². The van der Waals surface area contributed by atoms with Gasteiger partial charge in [-0.1, -0.05) is 18.2 Å².